The Morgan fingerprint density at radius 1 is 1.37 bits per heavy atom. The Bertz CT molecular complexity index is 541. The lowest BCUT2D eigenvalue weighted by Gasteiger charge is -2.20. The van der Waals surface area contributed by atoms with E-state index in [2.05, 4.69) is 20.7 Å². The third-order valence-corrected chi connectivity index (χ3v) is 2.66. The summed E-state index contributed by atoms with van der Waals surface area (Å²) in [5, 5.41) is 21.6. The van der Waals surface area contributed by atoms with E-state index in [0.29, 0.717) is 17.7 Å². The smallest absolute Gasteiger partial charge is 0.327 e. The number of carboxylic acids is 1. The van der Waals surface area contributed by atoms with Crippen molar-refractivity contribution in [3.63, 3.8) is 0 Å². The quantitative estimate of drug-likeness (QED) is 0.658. The first-order valence-corrected chi connectivity index (χ1v) is 5.58. The summed E-state index contributed by atoms with van der Waals surface area (Å²) in [7, 11) is 0. The van der Waals surface area contributed by atoms with Gasteiger partial charge in [0, 0.05) is 5.69 Å². The van der Waals surface area contributed by atoms with Crippen LogP contribution in [0.25, 0.3) is 0 Å². The van der Waals surface area contributed by atoms with Crippen molar-refractivity contribution >= 4 is 17.9 Å². The molecule has 0 aliphatic heterocycles. The third-order valence-electron chi connectivity index (χ3n) is 2.66. The molecular formula is C12H12N4O3. The molecule has 2 rings (SSSR count). The van der Waals surface area contributed by atoms with Crippen LogP contribution in [0.4, 0.5) is 5.69 Å². The molecule has 0 aliphatic carbocycles. The molecular weight excluding hydrogens is 248 g/mol. The minimum Gasteiger partial charge on any atom is -0.480 e. The van der Waals surface area contributed by atoms with Gasteiger partial charge in [-0.1, -0.05) is 23.4 Å². The number of carbonyl (C=O) groups excluding carboxylic acids is 1. The lowest BCUT2D eigenvalue weighted by Crippen LogP contribution is -2.36. The van der Waals surface area contributed by atoms with Crippen LogP contribution in [0.1, 0.15) is 11.6 Å². The summed E-state index contributed by atoms with van der Waals surface area (Å²) in [6, 6.07) is 7.72. The number of hydrogen-bond acceptors (Lipinski definition) is 5. The Hall–Kier alpha value is -2.70. The molecule has 0 bridgehead atoms. The standard InChI is InChI=1S/C12H12N4O3/c17-7-9(10-6-13-16-15-10)11(12(18)19)14-8-4-2-1-3-5-8/h1-7,9,11,14H,(H,18,19)(H,13,15,16). The number of H-pyrrole nitrogens is 1. The van der Waals surface area contributed by atoms with Crippen LogP contribution in [0.2, 0.25) is 0 Å². The normalized spacial score (nSPS) is 13.5. The minimum atomic E-state index is -1.13. The van der Waals surface area contributed by atoms with Crippen LogP contribution >= 0.6 is 0 Å². The largest absolute Gasteiger partial charge is 0.480 e. The Kier molecular flexibility index (Phi) is 3.87. The average Bonchev–Trinajstić information content (AvgIpc) is 2.93. The molecule has 2 aromatic rings. The van der Waals surface area contributed by atoms with Gasteiger partial charge in [-0.15, -0.1) is 5.10 Å². The van der Waals surface area contributed by atoms with Crippen molar-refractivity contribution in [2.24, 2.45) is 0 Å². The molecule has 1 aromatic heterocycles. The zero-order valence-electron chi connectivity index (χ0n) is 9.85. The number of para-hydroxylation sites is 1. The van der Waals surface area contributed by atoms with Crippen molar-refractivity contribution in [3.05, 3.63) is 42.2 Å². The fourth-order valence-corrected chi connectivity index (χ4v) is 1.72. The molecule has 0 saturated heterocycles. The van der Waals surface area contributed by atoms with Crippen molar-refractivity contribution in [3.8, 4) is 0 Å². The highest BCUT2D eigenvalue weighted by atomic mass is 16.4. The number of rotatable bonds is 6. The maximum atomic E-state index is 11.3. The summed E-state index contributed by atoms with van der Waals surface area (Å²) in [6.07, 6.45) is 1.89. The summed E-state index contributed by atoms with van der Waals surface area (Å²) in [6.45, 7) is 0. The van der Waals surface area contributed by atoms with E-state index in [1.54, 1.807) is 24.3 Å². The fourth-order valence-electron chi connectivity index (χ4n) is 1.72. The Balaban J connectivity index is 2.24. The average molecular weight is 260 g/mol. The van der Waals surface area contributed by atoms with Gasteiger partial charge in [0.1, 0.15) is 12.3 Å². The maximum Gasteiger partial charge on any atom is 0.327 e. The number of carboxylic acid groups (broad SMARTS) is 1. The highest BCUT2D eigenvalue weighted by Gasteiger charge is 2.30. The maximum absolute atomic E-state index is 11.3. The van der Waals surface area contributed by atoms with Gasteiger partial charge in [0.2, 0.25) is 0 Å². The molecule has 0 fully saturated rings. The number of aldehydes is 1. The van der Waals surface area contributed by atoms with Crippen LogP contribution in [0.5, 0.6) is 0 Å². The number of anilines is 1. The van der Waals surface area contributed by atoms with Gasteiger partial charge in [0.15, 0.2) is 0 Å². The predicted molar refractivity (Wildman–Crippen MR) is 66.7 cm³/mol. The van der Waals surface area contributed by atoms with Gasteiger partial charge in [0.05, 0.1) is 17.8 Å². The Morgan fingerprint density at radius 3 is 2.63 bits per heavy atom. The van der Waals surface area contributed by atoms with Gasteiger partial charge in [-0.05, 0) is 12.1 Å². The van der Waals surface area contributed by atoms with Gasteiger partial charge in [-0.3, -0.25) is 5.10 Å². The zero-order chi connectivity index (χ0) is 13.7. The van der Waals surface area contributed by atoms with Gasteiger partial charge in [-0.2, -0.15) is 0 Å². The summed E-state index contributed by atoms with van der Waals surface area (Å²) in [4.78, 5) is 22.5. The number of hydrogen-bond donors (Lipinski definition) is 3. The molecule has 0 aliphatic rings. The monoisotopic (exact) mass is 260 g/mol. The second-order valence-electron chi connectivity index (χ2n) is 3.90. The van der Waals surface area contributed by atoms with Crippen LogP contribution in [-0.4, -0.2) is 38.8 Å². The molecule has 1 aromatic carbocycles. The number of benzene rings is 1. The molecule has 0 saturated carbocycles. The van der Waals surface area contributed by atoms with Crippen LogP contribution in [0.3, 0.4) is 0 Å². The van der Waals surface area contributed by atoms with E-state index in [1.807, 2.05) is 6.07 Å². The van der Waals surface area contributed by atoms with Crippen molar-refractivity contribution in [2.45, 2.75) is 12.0 Å². The first-order chi connectivity index (χ1) is 9.22. The Labute approximate surface area is 108 Å². The summed E-state index contributed by atoms with van der Waals surface area (Å²) in [5.74, 6) is -2.02. The first-order valence-electron chi connectivity index (χ1n) is 5.58. The SMILES string of the molecule is O=CC(c1cnn[nH]1)C(Nc1ccccc1)C(=O)O. The van der Waals surface area contributed by atoms with Crippen LogP contribution in [0.15, 0.2) is 36.5 Å². The molecule has 0 amide bonds. The molecule has 0 radical (unpaired) electrons. The van der Waals surface area contributed by atoms with Crippen LogP contribution in [-0.2, 0) is 9.59 Å². The molecule has 3 N–H and O–H groups in total. The number of nitrogens with one attached hydrogen (secondary N) is 2. The Morgan fingerprint density at radius 2 is 2.11 bits per heavy atom. The van der Waals surface area contributed by atoms with E-state index in [-0.39, 0.29) is 0 Å². The second-order valence-corrected chi connectivity index (χ2v) is 3.90. The highest BCUT2D eigenvalue weighted by molar-refractivity contribution is 5.84. The third kappa shape index (κ3) is 2.95. The lowest BCUT2D eigenvalue weighted by molar-refractivity contribution is -0.139. The molecule has 1 heterocycles. The summed E-state index contributed by atoms with van der Waals surface area (Å²) < 4.78 is 0. The van der Waals surface area contributed by atoms with Crippen molar-refractivity contribution in [1.29, 1.82) is 0 Å². The molecule has 7 heteroatoms. The van der Waals surface area contributed by atoms with Gasteiger partial charge < -0.3 is 15.2 Å². The molecule has 2 atom stereocenters. The van der Waals surface area contributed by atoms with E-state index in [1.165, 1.54) is 6.20 Å². The van der Waals surface area contributed by atoms with Gasteiger partial charge in [-0.25, -0.2) is 4.79 Å². The number of carbonyl (C=O) groups is 2. The first kappa shape index (κ1) is 12.7. The number of nitrogens with zero attached hydrogens (tertiary/aromatic N) is 2. The predicted octanol–water partition coefficient (Wildman–Crippen LogP) is 0.652. The number of aromatic amines is 1. The van der Waals surface area contributed by atoms with Crippen LogP contribution < -0.4 is 5.32 Å². The van der Waals surface area contributed by atoms with Crippen LogP contribution in [0, 0.1) is 0 Å². The lowest BCUT2D eigenvalue weighted by atomic mass is 9.98. The summed E-state index contributed by atoms with van der Waals surface area (Å²) in [5.41, 5.74) is 0.972. The number of aromatic nitrogens is 3. The van der Waals surface area contributed by atoms with Crippen molar-refractivity contribution in [2.75, 3.05) is 5.32 Å². The highest BCUT2D eigenvalue weighted by Crippen LogP contribution is 2.19. The molecule has 2 unspecified atom stereocenters. The van der Waals surface area contributed by atoms with E-state index < -0.39 is 17.9 Å². The van der Waals surface area contributed by atoms with Gasteiger partial charge in [0.25, 0.3) is 0 Å². The van der Waals surface area contributed by atoms with E-state index >= 15 is 0 Å². The molecule has 7 nitrogen and oxygen atoms in total. The minimum absolute atomic E-state index is 0.353. The molecule has 98 valence electrons. The number of aliphatic carboxylic acids is 1. The fraction of sp³-hybridized carbons (Fsp3) is 0.167. The molecule has 19 heavy (non-hydrogen) atoms. The van der Waals surface area contributed by atoms with E-state index in [4.69, 9.17) is 0 Å². The van der Waals surface area contributed by atoms with Crippen molar-refractivity contribution < 1.29 is 14.7 Å². The van der Waals surface area contributed by atoms with E-state index in [9.17, 15) is 14.7 Å². The topological polar surface area (TPSA) is 108 Å². The zero-order valence-corrected chi connectivity index (χ0v) is 9.85. The summed E-state index contributed by atoms with van der Waals surface area (Å²) >= 11 is 0. The van der Waals surface area contributed by atoms with Crippen molar-refractivity contribution in [1.82, 2.24) is 15.4 Å². The van der Waals surface area contributed by atoms with E-state index in [0.717, 1.165) is 0 Å². The second kappa shape index (κ2) is 5.76. The van der Waals surface area contributed by atoms with Gasteiger partial charge >= 0.3 is 5.97 Å². The molecule has 0 spiro atoms.